The van der Waals surface area contributed by atoms with Crippen LogP contribution in [0.1, 0.15) is 46.0 Å². The molecule has 1 aliphatic heterocycles. The van der Waals surface area contributed by atoms with Gasteiger partial charge in [-0.25, -0.2) is 0 Å². The lowest BCUT2D eigenvalue weighted by atomic mass is 10.00. The third kappa shape index (κ3) is 4.91. The summed E-state index contributed by atoms with van der Waals surface area (Å²) < 4.78 is 29.0. The Morgan fingerprint density at radius 3 is 2.57 bits per heavy atom. The van der Waals surface area contributed by atoms with Gasteiger partial charge in [-0.2, -0.15) is 17.0 Å². The Kier molecular flexibility index (Phi) is 6.47. The molecule has 0 bridgehead atoms. The second-order valence-electron chi connectivity index (χ2n) is 6.47. The zero-order chi connectivity index (χ0) is 15.3. The van der Waals surface area contributed by atoms with Gasteiger partial charge in [0.2, 0.25) is 0 Å². The highest BCUT2D eigenvalue weighted by Crippen LogP contribution is 2.31. The topological polar surface area (TPSA) is 52.7 Å². The lowest BCUT2D eigenvalue weighted by molar-refractivity contribution is 0.241. The van der Waals surface area contributed by atoms with Crippen LogP contribution in [0.4, 0.5) is 0 Å². The van der Waals surface area contributed by atoms with Gasteiger partial charge in [-0.15, -0.1) is 0 Å². The Bertz CT molecular complexity index is 409. The number of hydrogen-bond donors (Lipinski definition) is 1. The van der Waals surface area contributed by atoms with Crippen LogP contribution >= 0.6 is 0 Å². The Hall–Kier alpha value is -0.170. The van der Waals surface area contributed by atoms with Gasteiger partial charge in [-0.05, 0) is 57.0 Å². The third-order valence-corrected chi connectivity index (χ3v) is 6.55. The molecule has 2 fully saturated rings. The first kappa shape index (κ1) is 17.2. The maximum atomic E-state index is 12.8. The van der Waals surface area contributed by atoms with Crippen molar-refractivity contribution < 1.29 is 8.42 Å². The van der Waals surface area contributed by atoms with Gasteiger partial charge in [0.25, 0.3) is 10.2 Å². The summed E-state index contributed by atoms with van der Waals surface area (Å²) in [5, 5.41) is 3.43. The van der Waals surface area contributed by atoms with Crippen LogP contribution in [0.15, 0.2) is 0 Å². The maximum Gasteiger partial charge on any atom is 0.281 e. The number of nitrogens with one attached hydrogen (secondary N) is 1. The van der Waals surface area contributed by atoms with E-state index in [-0.39, 0.29) is 0 Å². The molecule has 1 aliphatic carbocycles. The molecule has 0 aromatic rings. The smallest absolute Gasteiger partial charge is 0.281 e. The second kappa shape index (κ2) is 7.90. The van der Waals surface area contributed by atoms with Gasteiger partial charge in [0.1, 0.15) is 0 Å². The van der Waals surface area contributed by atoms with Crippen LogP contribution in [0.2, 0.25) is 0 Å². The molecule has 6 heteroatoms. The molecule has 1 N–H and O–H groups in total. The van der Waals surface area contributed by atoms with Crippen LogP contribution < -0.4 is 5.32 Å². The summed E-state index contributed by atoms with van der Waals surface area (Å²) in [5.41, 5.74) is 0. The Morgan fingerprint density at radius 1 is 1.19 bits per heavy atom. The van der Waals surface area contributed by atoms with E-state index in [0.717, 1.165) is 32.4 Å². The number of piperidine rings is 1. The van der Waals surface area contributed by atoms with Crippen LogP contribution in [0.25, 0.3) is 0 Å². The maximum absolute atomic E-state index is 12.8. The van der Waals surface area contributed by atoms with Crippen molar-refractivity contribution >= 4 is 10.2 Å². The molecule has 1 heterocycles. The highest BCUT2D eigenvalue weighted by atomic mass is 32.2. The van der Waals surface area contributed by atoms with Crippen molar-refractivity contribution in [2.75, 3.05) is 39.3 Å². The fourth-order valence-electron chi connectivity index (χ4n) is 3.02. The zero-order valence-electron chi connectivity index (χ0n) is 13.6. The molecule has 1 saturated heterocycles. The van der Waals surface area contributed by atoms with Crippen molar-refractivity contribution in [3.63, 3.8) is 0 Å². The summed E-state index contributed by atoms with van der Waals surface area (Å²) in [5.74, 6) is 1.06. The highest BCUT2D eigenvalue weighted by molar-refractivity contribution is 7.86. The minimum absolute atomic E-state index is 0.458. The lowest BCUT2D eigenvalue weighted by Gasteiger charge is -2.35. The van der Waals surface area contributed by atoms with Gasteiger partial charge in [-0.1, -0.05) is 13.8 Å². The summed E-state index contributed by atoms with van der Waals surface area (Å²) in [6.07, 6.45) is 5.63. The van der Waals surface area contributed by atoms with E-state index < -0.39 is 10.2 Å². The van der Waals surface area contributed by atoms with Gasteiger partial charge >= 0.3 is 0 Å². The summed E-state index contributed by atoms with van der Waals surface area (Å²) in [4.78, 5) is 0. The van der Waals surface area contributed by atoms with Gasteiger partial charge in [-0.3, -0.25) is 0 Å². The minimum atomic E-state index is -3.25. The lowest BCUT2D eigenvalue weighted by Crippen LogP contribution is -2.49. The fraction of sp³-hybridized carbons (Fsp3) is 1.00. The average Bonchev–Trinajstić information content (AvgIpc) is 3.29. The largest absolute Gasteiger partial charge is 0.316 e. The van der Waals surface area contributed by atoms with Gasteiger partial charge in [0.05, 0.1) is 0 Å². The van der Waals surface area contributed by atoms with Crippen molar-refractivity contribution in [3.8, 4) is 0 Å². The van der Waals surface area contributed by atoms with Crippen LogP contribution in [0.3, 0.4) is 0 Å². The Labute approximate surface area is 130 Å². The SMILES string of the molecule is CCCNCC1CCCN(S(=O)(=O)N(CC)CC2CC2)C1. The summed E-state index contributed by atoms with van der Waals surface area (Å²) >= 11 is 0. The van der Waals surface area contributed by atoms with E-state index in [1.165, 1.54) is 12.8 Å². The Morgan fingerprint density at radius 2 is 1.95 bits per heavy atom. The van der Waals surface area contributed by atoms with Crippen molar-refractivity contribution in [1.82, 2.24) is 13.9 Å². The molecule has 0 radical (unpaired) electrons. The standard InChI is InChI=1S/C15H31N3O2S/c1-3-9-16-11-15-6-5-10-18(13-15)21(19,20)17(4-2)12-14-7-8-14/h14-16H,3-13H2,1-2H3. The first-order valence-corrected chi connectivity index (χ1v) is 9.93. The van der Waals surface area contributed by atoms with Gasteiger partial charge in [0.15, 0.2) is 0 Å². The summed E-state index contributed by atoms with van der Waals surface area (Å²) in [7, 11) is -3.25. The van der Waals surface area contributed by atoms with Crippen LogP contribution in [-0.4, -0.2) is 56.3 Å². The van der Waals surface area contributed by atoms with Crippen molar-refractivity contribution in [2.45, 2.75) is 46.0 Å². The number of rotatable bonds is 9. The van der Waals surface area contributed by atoms with Crippen molar-refractivity contribution in [1.29, 1.82) is 0 Å². The molecular weight excluding hydrogens is 286 g/mol. The average molecular weight is 317 g/mol. The zero-order valence-corrected chi connectivity index (χ0v) is 14.4. The normalized spacial score (nSPS) is 24.6. The molecule has 2 aliphatic rings. The summed E-state index contributed by atoms with van der Waals surface area (Å²) in [6.45, 7) is 8.74. The van der Waals surface area contributed by atoms with E-state index in [9.17, 15) is 8.42 Å². The van der Waals surface area contributed by atoms with Crippen LogP contribution in [0.5, 0.6) is 0 Å². The van der Waals surface area contributed by atoms with Crippen LogP contribution in [-0.2, 0) is 10.2 Å². The molecule has 5 nitrogen and oxygen atoms in total. The fourth-order valence-corrected chi connectivity index (χ4v) is 4.84. The van der Waals surface area contributed by atoms with Gasteiger partial charge in [0, 0.05) is 26.2 Å². The first-order chi connectivity index (χ1) is 10.1. The summed E-state index contributed by atoms with van der Waals surface area (Å²) in [6, 6.07) is 0. The molecule has 0 aromatic heterocycles. The van der Waals surface area contributed by atoms with Crippen LogP contribution in [0, 0.1) is 11.8 Å². The molecule has 0 aromatic carbocycles. The number of nitrogens with zero attached hydrogens (tertiary/aromatic N) is 2. The molecule has 0 amide bonds. The Balaban J connectivity index is 1.91. The quantitative estimate of drug-likeness (QED) is 0.658. The third-order valence-electron chi connectivity index (χ3n) is 4.51. The van der Waals surface area contributed by atoms with Gasteiger partial charge < -0.3 is 5.32 Å². The van der Waals surface area contributed by atoms with E-state index >= 15 is 0 Å². The monoisotopic (exact) mass is 317 g/mol. The minimum Gasteiger partial charge on any atom is -0.316 e. The molecule has 0 spiro atoms. The van der Waals surface area contributed by atoms with E-state index in [0.29, 0.717) is 38.0 Å². The highest BCUT2D eigenvalue weighted by Gasteiger charge is 2.35. The van der Waals surface area contributed by atoms with E-state index in [2.05, 4.69) is 12.2 Å². The molecule has 124 valence electrons. The second-order valence-corrected chi connectivity index (χ2v) is 8.40. The molecule has 1 unspecified atom stereocenters. The number of hydrogen-bond acceptors (Lipinski definition) is 3. The predicted octanol–water partition coefficient (Wildman–Crippen LogP) is 1.67. The molecule has 2 rings (SSSR count). The predicted molar refractivity (Wildman–Crippen MR) is 86.3 cm³/mol. The van der Waals surface area contributed by atoms with Crippen molar-refractivity contribution in [2.24, 2.45) is 11.8 Å². The van der Waals surface area contributed by atoms with E-state index in [4.69, 9.17) is 0 Å². The first-order valence-electron chi connectivity index (χ1n) is 8.53. The molecule has 21 heavy (non-hydrogen) atoms. The molecule has 1 saturated carbocycles. The molecule has 1 atom stereocenters. The van der Waals surface area contributed by atoms with E-state index in [1.807, 2.05) is 6.92 Å². The van der Waals surface area contributed by atoms with E-state index in [1.54, 1.807) is 8.61 Å². The molecular formula is C15H31N3O2S. The van der Waals surface area contributed by atoms with Crippen molar-refractivity contribution in [3.05, 3.63) is 0 Å².